The van der Waals surface area contributed by atoms with Crippen molar-refractivity contribution in [3.63, 3.8) is 0 Å². The Kier molecular flexibility index (Phi) is 5.93. The fourth-order valence-corrected chi connectivity index (χ4v) is 3.43. The largest absolute Gasteiger partial charge is 0.376 e. The van der Waals surface area contributed by atoms with E-state index in [1.54, 1.807) is 0 Å². The van der Waals surface area contributed by atoms with Gasteiger partial charge < -0.3 is 15.2 Å². The second-order valence-corrected chi connectivity index (χ2v) is 5.97. The molecule has 2 fully saturated rings. The van der Waals surface area contributed by atoms with E-state index in [0.717, 1.165) is 25.7 Å². The van der Waals surface area contributed by atoms with Crippen molar-refractivity contribution in [2.45, 2.75) is 64.1 Å². The summed E-state index contributed by atoms with van der Waals surface area (Å²) in [5, 5.41) is 0. The maximum absolute atomic E-state index is 6.14. The first kappa shape index (κ1) is 14.3. The lowest BCUT2D eigenvalue weighted by Gasteiger charge is -2.36. The molecule has 106 valence electrons. The van der Waals surface area contributed by atoms with Gasteiger partial charge in [-0.15, -0.1) is 0 Å². The highest BCUT2D eigenvalue weighted by atomic mass is 16.5. The minimum absolute atomic E-state index is 0.343. The van der Waals surface area contributed by atoms with Crippen LogP contribution in [-0.4, -0.2) is 32.0 Å². The summed E-state index contributed by atoms with van der Waals surface area (Å²) in [6, 6.07) is 0. The summed E-state index contributed by atoms with van der Waals surface area (Å²) < 4.78 is 11.8. The Morgan fingerprint density at radius 3 is 2.83 bits per heavy atom. The van der Waals surface area contributed by atoms with Crippen LogP contribution in [0, 0.1) is 11.8 Å². The molecule has 4 atom stereocenters. The average molecular weight is 255 g/mol. The van der Waals surface area contributed by atoms with Crippen LogP contribution < -0.4 is 5.73 Å². The molecular weight excluding hydrogens is 226 g/mol. The van der Waals surface area contributed by atoms with Crippen molar-refractivity contribution in [2.75, 3.05) is 19.8 Å². The molecule has 0 aromatic rings. The Morgan fingerprint density at radius 1 is 1.28 bits per heavy atom. The molecule has 3 nitrogen and oxygen atoms in total. The maximum Gasteiger partial charge on any atom is 0.0809 e. The molecule has 18 heavy (non-hydrogen) atoms. The van der Waals surface area contributed by atoms with E-state index < -0.39 is 0 Å². The van der Waals surface area contributed by atoms with E-state index in [1.807, 2.05) is 0 Å². The molecule has 0 amide bonds. The van der Waals surface area contributed by atoms with Crippen molar-refractivity contribution < 1.29 is 9.47 Å². The van der Waals surface area contributed by atoms with E-state index in [0.29, 0.717) is 18.1 Å². The van der Waals surface area contributed by atoms with E-state index >= 15 is 0 Å². The fourth-order valence-electron chi connectivity index (χ4n) is 3.43. The summed E-state index contributed by atoms with van der Waals surface area (Å²) in [5.74, 6) is 1.42. The number of nitrogens with two attached hydrogens (primary N) is 1. The van der Waals surface area contributed by atoms with E-state index in [2.05, 4.69) is 6.92 Å². The molecule has 0 bridgehead atoms. The molecule has 1 saturated heterocycles. The summed E-state index contributed by atoms with van der Waals surface area (Å²) in [4.78, 5) is 0. The zero-order chi connectivity index (χ0) is 12.8. The molecule has 3 heteroatoms. The second-order valence-electron chi connectivity index (χ2n) is 5.97. The monoisotopic (exact) mass is 255 g/mol. The number of ether oxygens (including phenoxy) is 2. The van der Waals surface area contributed by atoms with Gasteiger partial charge in [-0.1, -0.05) is 19.8 Å². The van der Waals surface area contributed by atoms with Crippen molar-refractivity contribution in [1.29, 1.82) is 0 Å². The van der Waals surface area contributed by atoms with Crippen LogP contribution >= 0.6 is 0 Å². The van der Waals surface area contributed by atoms with Crippen LogP contribution in [0.4, 0.5) is 0 Å². The van der Waals surface area contributed by atoms with Crippen LogP contribution in [0.3, 0.4) is 0 Å². The molecule has 4 unspecified atom stereocenters. The van der Waals surface area contributed by atoms with Gasteiger partial charge in [0.25, 0.3) is 0 Å². The van der Waals surface area contributed by atoms with E-state index in [-0.39, 0.29) is 0 Å². The quantitative estimate of drug-likeness (QED) is 0.793. The van der Waals surface area contributed by atoms with Gasteiger partial charge in [0.2, 0.25) is 0 Å². The van der Waals surface area contributed by atoms with Crippen LogP contribution in [0.2, 0.25) is 0 Å². The van der Waals surface area contributed by atoms with Gasteiger partial charge in [-0.3, -0.25) is 0 Å². The van der Waals surface area contributed by atoms with Crippen molar-refractivity contribution in [2.24, 2.45) is 17.6 Å². The summed E-state index contributed by atoms with van der Waals surface area (Å²) >= 11 is 0. The van der Waals surface area contributed by atoms with Gasteiger partial charge in [0, 0.05) is 6.61 Å². The third-order valence-electron chi connectivity index (χ3n) is 4.56. The van der Waals surface area contributed by atoms with E-state index in [4.69, 9.17) is 15.2 Å². The molecular formula is C15H29NO2. The minimum atomic E-state index is 0.343. The van der Waals surface area contributed by atoms with Gasteiger partial charge in [0.1, 0.15) is 0 Å². The molecule has 0 aromatic carbocycles. The van der Waals surface area contributed by atoms with Gasteiger partial charge >= 0.3 is 0 Å². The topological polar surface area (TPSA) is 44.5 Å². The molecule has 1 aliphatic carbocycles. The van der Waals surface area contributed by atoms with Crippen LogP contribution in [0.1, 0.15) is 51.9 Å². The fraction of sp³-hybridized carbons (Fsp3) is 1.00. The molecule has 2 aliphatic rings. The first-order chi connectivity index (χ1) is 8.83. The first-order valence-electron chi connectivity index (χ1n) is 7.76. The Morgan fingerprint density at radius 2 is 2.17 bits per heavy atom. The summed E-state index contributed by atoms with van der Waals surface area (Å²) in [6.45, 7) is 4.74. The van der Waals surface area contributed by atoms with Gasteiger partial charge in [0.05, 0.1) is 18.8 Å². The molecule has 2 N–H and O–H groups in total. The Bertz CT molecular complexity index is 229. The number of rotatable bonds is 6. The lowest BCUT2D eigenvalue weighted by Crippen LogP contribution is -2.37. The normalized spacial score (nSPS) is 37.0. The van der Waals surface area contributed by atoms with Gasteiger partial charge in [-0.2, -0.15) is 0 Å². The SMILES string of the molecule is CCCC1CCC(CN)C(OCC2CCCO2)C1. The van der Waals surface area contributed by atoms with E-state index in [9.17, 15) is 0 Å². The lowest BCUT2D eigenvalue weighted by molar-refractivity contribution is -0.0638. The standard InChI is InChI=1S/C15H29NO2/c1-2-4-12-6-7-13(10-16)15(9-12)18-11-14-5-3-8-17-14/h12-15H,2-11,16H2,1H3. The molecule has 1 saturated carbocycles. The van der Waals surface area contributed by atoms with Crippen molar-refractivity contribution >= 4 is 0 Å². The summed E-state index contributed by atoms with van der Waals surface area (Å²) in [7, 11) is 0. The molecule has 1 heterocycles. The van der Waals surface area contributed by atoms with Crippen LogP contribution in [0.25, 0.3) is 0 Å². The smallest absolute Gasteiger partial charge is 0.0809 e. The van der Waals surface area contributed by atoms with Gasteiger partial charge in [0.15, 0.2) is 0 Å². The lowest BCUT2D eigenvalue weighted by atomic mass is 9.78. The molecule has 1 aliphatic heterocycles. The predicted molar refractivity (Wildman–Crippen MR) is 73.5 cm³/mol. The third kappa shape index (κ3) is 3.94. The first-order valence-corrected chi connectivity index (χ1v) is 7.76. The van der Waals surface area contributed by atoms with Crippen LogP contribution in [0.15, 0.2) is 0 Å². The summed E-state index contributed by atoms with van der Waals surface area (Å²) in [6.07, 6.45) is 9.51. The molecule has 0 spiro atoms. The molecule has 0 radical (unpaired) electrons. The minimum Gasteiger partial charge on any atom is -0.376 e. The molecule has 0 aromatic heterocycles. The molecule has 2 rings (SSSR count). The predicted octanol–water partition coefficient (Wildman–Crippen LogP) is 2.73. The Balaban J connectivity index is 1.77. The second kappa shape index (κ2) is 7.46. The average Bonchev–Trinajstić information content (AvgIpc) is 2.90. The van der Waals surface area contributed by atoms with Gasteiger partial charge in [-0.25, -0.2) is 0 Å². The van der Waals surface area contributed by atoms with E-state index in [1.165, 1.54) is 44.9 Å². The maximum atomic E-state index is 6.14. The zero-order valence-corrected chi connectivity index (χ0v) is 11.8. The highest BCUT2D eigenvalue weighted by Crippen LogP contribution is 2.33. The highest BCUT2D eigenvalue weighted by Gasteiger charge is 2.30. The van der Waals surface area contributed by atoms with Crippen LogP contribution in [0.5, 0.6) is 0 Å². The van der Waals surface area contributed by atoms with Crippen molar-refractivity contribution in [3.05, 3.63) is 0 Å². The summed E-state index contributed by atoms with van der Waals surface area (Å²) in [5.41, 5.74) is 5.89. The van der Waals surface area contributed by atoms with Gasteiger partial charge in [-0.05, 0) is 50.5 Å². The number of hydrogen-bond acceptors (Lipinski definition) is 3. The highest BCUT2D eigenvalue weighted by molar-refractivity contribution is 4.82. The van der Waals surface area contributed by atoms with Crippen molar-refractivity contribution in [1.82, 2.24) is 0 Å². The van der Waals surface area contributed by atoms with Crippen molar-refractivity contribution in [3.8, 4) is 0 Å². The Labute approximate surface area is 111 Å². The van der Waals surface area contributed by atoms with Crippen LogP contribution in [-0.2, 0) is 9.47 Å². The number of hydrogen-bond donors (Lipinski definition) is 1. The third-order valence-corrected chi connectivity index (χ3v) is 4.56. The Hall–Kier alpha value is -0.120. The zero-order valence-electron chi connectivity index (χ0n) is 11.8.